The van der Waals surface area contributed by atoms with Gasteiger partial charge in [0.2, 0.25) is 12.4 Å². The van der Waals surface area contributed by atoms with Crippen molar-refractivity contribution in [3.05, 3.63) is 149 Å². The molecule has 16 atom stereocenters. The van der Waals surface area contributed by atoms with Crippen molar-refractivity contribution >= 4 is 59.3 Å². The lowest BCUT2D eigenvalue weighted by Crippen LogP contribution is -2.82. The van der Waals surface area contributed by atoms with Crippen LogP contribution in [0.3, 0.4) is 0 Å². The quantitative estimate of drug-likeness (QED) is 0.0454. The monoisotopic (exact) mass is 1210 g/mol. The summed E-state index contributed by atoms with van der Waals surface area (Å²) in [5.41, 5.74) is -8.48. The van der Waals surface area contributed by atoms with Crippen LogP contribution >= 0.6 is 0 Å². The van der Waals surface area contributed by atoms with Crippen LogP contribution in [0, 0.1) is 16.7 Å². The zero-order valence-electron chi connectivity index (χ0n) is 47.9. The number of esters is 5. The number of aliphatic hydroxyl groups is 5. The highest BCUT2D eigenvalue weighted by molar-refractivity contribution is 5.97. The van der Waals surface area contributed by atoms with Crippen molar-refractivity contribution in [1.29, 1.82) is 0 Å². The molecule has 25 nitrogen and oxygen atoms in total. The van der Waals surface area contributed by atoms with E-state index in [1.807, 2.05) is 0 Å². The molecule has 87 heavy (non-hydrogen) atoms. The van der Waals surface area contributed by atoms with E-state index in [0.717, 1.165) is 13.8 Å². The van der Waals surface area contributed by atoms with Gasteiger partial charge in [0.15, 0.2) is 23.6 Å². The third-order valence-electron chi connectivity index (χ3n) is 17.3. The molecule has 0 aromatic heterocycles. The standard InChI is InChI=1S/C62H66N2O23/c1-30-38(28-62(79)52(85-55(76)35-22-14-9-15-23-35)50-60(6,39(67)27-40-61(50,29-80-40)87-32(3)66)51(72)47(81-31(2)65)42(30)59(62,4)5)82-56(77)48(43(33-18-10-7-11-19-33)64-53(73)34-20-12-8-13-21-34)83-41(68)26-36-24-16-17-25-37(36)63-58(78)86-57-46(71)44(69)45(70)49(84-57)54(74)75/h7-25,38-40,43-50,52,57,67,69-71,79H,26-29H2,1-6H3,(H,63,78)(H,64,73)(H,74,75)/t38-,39-,40+,43-,44-,45-,46+,47+,48+,49-,50-,52-,57-,60+,61-,62+/m0/s1. The maximum Gasteiger partial charge on any atom is 0.414 e. The molecule has 25 heteroatoms. The zero-order chi connectivity index (χ0) is 63.1. The summed E-state index contributed by atoms with van der Waals surface area (Å²) in [6, 6.07) is 27.2. The zero-order valence-corrected chi connectivity index (χ0v) is 47.9. The maximum atomic E-state index is 15.9. The second kappa shape index (κ2) is 24.7. The third-order valence-corrected chi connectivity index (χ3v) is 17.3. The van der Waals surface area contributed by atoms with Crippen LogP contribution in [-0.4, -0.2) is 169 Å². The summed E-state index contributed by atoms with van der Waals surface area (Å²) in [4.78, 5) is 127. The molecule has 4 aromatic carbocycles. The summed E-state index contributed by atoms with van der Waals surface area (Å²) in [7, 11) is 0. The number of carbonyl (C=O) groups is 9. The Balaban J connectivity index is 1.13. The minimum atomic E-state index is -2.59. The topological polar surface area (TPSA) is 373 Å². The van der Waals surface area contributed by atoms with Crippen LogP contribution in [0.2, 0.25) is 0 Å². The Hall–Kier alpha value is -8.43. The summed E-state index contributed by atoms with van der Waals surface area (Å²) in [6.45, 7) is 7.49. The van der Waals surface area contributed by atoms with Crippen molar-refractivity contribution in [1.82, 2.24) is 5.32 Å². The van der Waals surface area contributed by atoms with Gasteiger partial charge >= 0.3 is 41.9 Å². The predicted octanol–water partition coefficient (Wildman–Crippen LogP) is 2.97. The number of rotatable bonds is 16. The number of para-hydroxylation sites is 1. The van der Waals surface area contributed by atoms with Crippen LogP contribution in [0.15, 0.2) is 126 Å². The number of ether oxygens (including phenoxy) is 8. The first-order valence-corrected chi connectivity index (χ1v) is 27.8. The molecule has 2 aliphatic heterocycles. The lowest BCUT2D eigenvalue weighted by molar-refractivity contribution is -0.346. The molecule has 5 aliphatic rings. The van der Waals surface area contributed by atoms with Crippen molar-refractivity contribution < 1.29 is 112 Å². The number of fused-ring (bicyclic) bond motifs is 5. The van der Waals surface area contributed by atoms with Gasteiger partial charge in [0.25, 0.3) is 5.91 Å². The van der Waals surface area contributed by atoms with Crippen LogP contribution in [0.5, 0.6) is 0 Å². The van der Waals surface area contributed by atoms with Crippen LogP contribution in [-0.2, 0) is 73.1 Å². The first kappa shape index (κ1) is 63.1. The number of carboxylic acids is 1. The number of Topliss-reactive ketones (excluding diaryl/α,β-unsaturated/α-hetero) is 1. The number of ketones is 1. The van der Waals surface area contributed by atoms with Gasteiger partial charge in [0, 0.05) is 43.4 Å². The Morgan fingerprint density at radius 2 is 1.34 bits per heavy atom. The summed E-state index contributed by atoms with van der Waals surface area (Å²) in [5.74, 6) is -10.6. The number of nitrogens with one attached hydrogen (secondary N) is 2. The number of aliphatic carboxylic acids is 1. The van der Waals surface area contributed by atoms with Crippen LogP contribution in [0.25, 0.3) is 0 Å². The second-order valence-corrected chi connectivity index (χ2v) is 22.9. The normalized spacial score (nSPS) is 31.2. The lowest BCUT2D eigenvalue weighted by Gasteiger charge is -2.67. The average Bonchev–Trinajstić information content (AvgIpc) is 0.672. The highest BCUT2D eigenvalue weighted by atomic mass is 16.7. The highest BCUT2D eigenvalue weighted by Crippen LogP contribution is 2.64. The predicted molar refractivity (Wildman–Crippen MR) is 296 cm³/mol. The van der Waals surface area contributed by atoms with E-state index < -0.39 is 174 Å². The molecule has 0 spiro atoms. The molecule has 9 rings (SSSR count). The number of carboxylic acid groups (broad SMARTS) is 1. The van der Waals surface area contributed by atoms with Gasteiger partial charge in [-0.25, -0.2) is 19.2 Å². The average molecular weight is 1210 g/mol. The van der Waals surface area contributed by atoms with Crippen LogP contribution < -0.4 is 10.6 Å². The molecule has 2 saturated carbocycles. The second-order valence-electron chi connectivity index (χ2n) is 22.9. The number of carbonyl (C=O) groups excluding carboxylic acids is 8. The van der Waals surface area contributed by atoms with Gasteiger partial charge in [-0.2, -0.15) is 0 Å². The molecular formula is C62H66N2O23. The van der Waals surface area contributed by atoms with Gasteiger partial charge in [0.05, 0.1) is 36.0 Å². The Kier molecular flexibility index (Phi) is 17.9. The number of aliphatic hydroxyl groups excluding tert-OH is 4. The van der Waals surface area contributed by atoms with Crippen molar-refractivity contribution in [3.8, 4) is 0 Å². The number of hydrogen-bond donors (Lipinski definition) is 8. The van der Waals surface area contributed by atoms with E-state index in [0.29, 0.717) is 0 Å². The Labute approximate surface area is 497 Å². The number of hydrogen-bond acceptors (Lipinski definition) is 22. The van der Waals surface area contributed by atoms with Crippen LogP contribution in [0.1, 0.15) is 92.3 Å². The largest absolute Gasteiger partial charge is 0.479 e. The minimum Gasteiger partial charge on any atom is -0.479 e. The molecule has 0 radical (unpaired) electrons. The van der Waals surface area contributed by atoms with Gasteiger partial charge in [0.1, 0.15) is 48.3 Å². The first-order valence-electron chi connectivity index (χ1n) is 27.8. The molecule has 2 heterocycles. The molecule has 462 valence electrons. The van der Waals surface area contributed by atoms with E-state index in [9.17, 15) is 64.2 Å². The van der Waals surface area contributed by atoms with Crippen molar-refractivity contribution in [2.75, 3.05) is 11.9 Å². The van der Waals surface area contributed by atoms with E-state index in [1.165, 1.54) is 88.4 Å². The third kappa shape index (κ3) is 11.8. The fraction of sp³-hybridized carbons (Fsp3) is 0.435. The molecular weight excluding hydrogens is 1140 g/mol. The summed E-state index contributed by atoms with van der Waals surface area (Å²) in [5, 5.41) is 71.9. The van der Waals surface area contributed by atoms with Gasteiger partial charge in [-0.15, -0.1) is 0 Å². The van der Waals surface area contributed by atoms with E-state index in [2.05, 4.69) is 10.6 Å². The molecule has 2 bridgehead atoms. The lowest BCUT2D eigenvalue weighted by atomic mass is 9.44. The van der Waals surface area contributed by atoms with E-state index in [-0.39, 0.29) is 45.5 Å². The first-order chi connectivity index (χ1) is 41.1. The number of amides is 2. The van der Waals surface area contributed by atoms with Gasteiger partial charge in [-0.1, -0.05) is 98.8 Å². The molecule has 8 N–H and O–H groups in total. The highest BCUT2D eigenvalue weighted by Gasteiger charge is 2.78. The van der Waals surface area contributed by atoms with E-state index in [1.54, 1.807) is 54.6 Å². The maximum absolute atomic E-state index is 15.9. The summed E-state index contributed by atoms with van der Waals surface area (Å²) in [6.07, 6.45) is -24.4. The van der Waals surface area contributed by atoms with Gasteiger partial charge in [-0.3, -0.25) is 29.3 Å². The van der Waals surface area contributed by atoms with Crippen molar-refractivity contribution in [2.45, 2.75) is 145 Å². The van der Waals surface area contributed by atoms with Crippen molar-refractivity contribution in [3.63, 3.8) is 0 Å². The Bertz CT molecular complexity index is 3360. The number of anilines is 1. The summed E-state index contributed by atoms with van der Waals surface area (Å²) < 4.78 is 47.2. The smallest absolute Gasteiger partial charge is 0.414 e. The van der Waals surface area contributed by atoms with Gasteiger partial charge in [-0.05, 0) is 66.5 Å². The van der Waals surface area contributed by atoms with E-state index in [4.69, 9.17) is 37.9 Å². The van der Waals surface area contributed by atoms with Gasteiger partial charge < -0.3 is 73.9 Å². The summed E-state index contributed by atoms with van der Waals surface area (Å²) >= 11 is 0. The van der Waals surface area contributed by atoms with Crippen molar-refractivity contribution in [2.24, 2.45) is 16.7 Å². The Morgan fingerprint density at radius 1 is 0.736 bits per heavy atom. The fourth-order valence-electron chi connectivity index (χ4n) is 12.8. The number of benzene rings is 4. The minimum absolute atomic E-state index is 0.000288. The van der Waals surface area contributed by atoms with Crippen LogP contribution in [0.4, 0.5) is 10.5 Å². The Morgan fingerprint density at radius 3 is 1.94 bits per heavy atom. The SMILES string of the molecule is CC(=O)O[C@H]1C(=O)[C@@]2(C)[C@H]([C@H](OC(=O)c3ccccc3)[C@]3(O)C[C@H](OC(=O)[C@H](OC(=O)Cc4ccccc4NC(=O)O[C@@H]4O[C@H](C(=O)O)[C@@H](O)[C@H](O)[C@H]4O)[C@@H](NC(=O)c4ccccc4)c4ccccc4)C(C)=C1C3(C)C)[C@]1(OC(C)=O)CO[C@@H]1C[C@@H]2O. The molecule has 2 amide bonds. The fourth-order valence-corrected chi connectivity index (χ4v) is 12.8. The molecule has 2 saturated heterocycles. The van der Waals surface area contributed by atoms with E-state index >= 15 is 9.59 Å². The molecule has 0 unspecified atom stereocenters. The molecule has 3 aliphatic carbocycles. The molecule has 4 aromatic rings. The molecule has 4 fully saturated rings.